The van der Waals surface area contributed by atoms with Crippen molar-refractivity contribution in [3.05, 3.63) is 94.6 Å². The van der Waals surface area contributed by atoms with Gasteiger partial charge in [-0.25, -0.2) is 0 Å². The summed E-state index contributed by atoms with van der Waals surface area (Å²) in [6.07, 6.45) is 3.81. The maximum atomic E-state index is 13.8. The molecule has 1 amide bonds. The number of rotatable bonds is 16. The molecule has 1 atom stereocenters. The Labute approximate surface area is 290 Å². The molecule has 0 aliphatic carbocycles. The minimum atomic E-state index is -0.989. The molecule has 9 nitrogen and oxygen atoms in total. The summed E-state index contributed by atoms with van der Waals surface area (Å²) in [4.78, 5) is 28.9. The van der Waals surface area contributed by atoms with Crippen molar-refractivity contribution in [1.82, 2.24) is 10.2 Å². The van der Waals surface area contributed by atoms with E-state index in [1.807, 2.05) is 13.8 Å². The van der Waals surface area contributed by atoms with E-state index in [0.29, 0.717) is 58.3 Å². The van der Waals surface area contributed by atoms with Crippen molar-refractivity contribution in [3.8, 4) is 17.2 Å². The monoisotopic (exact) mass is 687 g/mol. The van der Waals surface area contributed by atoms with Gasteiger partial charge in [0, 0.05) is 11.3 Å². The molecule has 252 valence electrons. The Morgan fingerprint density at radius 3 is 2.27 bits per heavy atom. The third-order valence-corrected chi connectivity index (χ3v) is 9.89. The Hall–Kier alpha value is -4.35. The molecule has 0 radical (unpaired) electrons. The highest BCUT2D eigenvalue weighted by atomic mass is 32.2. The third kappa shape index (κ3) is 8.19. The number of hydrogen-bond donors (Lipinski definition) is 1. The Morgan fingerprint density at radius 2 is 1.58 bits per heavy atom. The molecule has 4 aromatic rings. The van der Waals surface area contributed by atoms with Crippen LogP contribution in [-0.2, 0) is 15.3 Å². The van der Waals surface area contributed by atoms with E-state index in [1.54, 1.807) is 42.5 Å². The minimum Gasteiger partial charge on any atom is -0.507 e. The SMILES string of the molecule is CCCCOc1ccc(C(O)=C2C(=O)C(=O)N(c3nnc(SCc4ccc(C)cc4)s3)C2c2ccc(OCCCC)c(OCC)c2)cc1. The number of aryl methyl sites for hydroxylation is 1. The Bertz CT molecular complexity index is 1740. The lowest BCUT2D eigenvalue weighted by atomic mass is 9.95. The van der Waals surface area contributed by atoms with Crippen LogP contribution in [0.1, 0.15) is 74.8 Å². The summed E-state index contributed by atoms with van der Waals surface area (Å²) in [5, 5.41) is 20.6. The lowest BCUT2D eigenvalue weighted by Gasteiger charge is -2.23. The van der Waals surface area contributed by atoms with Gasteiger partial charge in [-0.2, -0.15) is 0 Å². The molecule has 48 heavy (non-hydrogen) atoms. The van der Waals surface area contributed by atoms with E-state index < -0.39 is 17.7 Å². The van der Waals surface area contributed by atoms with E-state index in [2.05, 4.69) is 48.3 Å². The molecule has 3 aromatic carbocycles. The first-order chi connectivity index (χ1) is 23.3. The maximum absolute atomic E-state index is 13.8. The average molecular weight is 688 g/mol. The number of aromatic nitrogens is 2. The van der Waals surface area contributed by atoms with Crippen LogP contribution in [-0.4, -0.2) is 46.8 Å². The predicted octanol–water partition coefficient (Wildman–Crippen LogP) is 8.52. The summed E-state index contributed by atoms with van der Waals surface area (Å²) in [7, 11) is 0. The van der Waals surface area contributed by atoms with Gasteiger partial charge in [0.15, 0.2) is 15.8 Å². The molecule has 1 aromatic heterocycles. The van der Waals surface area contributed by atoms with Gasteiger partial charge in [-0.1, -0.05) is 85.7 Å². The molecular weight excluding hydrogens is 647 g/mol. The fourth-order valence-electron chi connectivity index (χ4n) is 5.14. The number of ether oxygens (including phenoxy) is 3. The highest BCUT2D eigenvalue weighted by molar-refractivity contribution is 8.00. The van der Waals surface area contributed by atoms with Crippen LogP contribution in [0.4, 0.5) is 5.13 Å². The second kappa shape index (κ2) is 16.7. The van der Waals surface area contributed by atoms with Crippen molar-refractivity contribution in [2.45, 2.75) is 69.5 Å². The number of Topliss-reactive ketones (excluding diaryl/α,β-unsaturated/α-hetero) is 1. The number of benzene rings is 3. The van der Waals surface area contributed by atoms with Crippen molar-refractivity contribution in [2.24, 2.45) is 0 Å². The second-order valence-electron chi connectivity index (χ2n) is 11.4. The molecule has 0 saturated carbocycles. The molecule has 1 saturated heterocycles. The van der Waals surface area contributed by atoms with Crippen LogP contribution in [0.25, 0.3) is 5.76 Å². The second-order valence-corrected chi connectivity index (χ2v) is 13.5. The number of nitrogens with zero attached hydrogens (tertiary/aromatic N) is 3. The normalized spacial score (nSPS) is 15.6. The van der Waals surface area contributed by atoms with E-state index in [-0.39, 0.29) is 16.5 Å². The Kier molecular flexibility index (Phi) is 12.1. The largest absolute Gasteiger partial charge is 0.507 e. The molecule has 0 bridgehead atoms. The average Bonchev–Trinajstić information content (AvgIpc) is 3.67. The van der Waals surface area contributed by atoms with Crippen LogP contribution < -0.4 is 19.1 Å². The number of aliphatic hydroxyl groups excluding tert-OH is 1. The fraction of sp³-hybridized carbons (Fsp3) is 0.351. The smallest absolute Gasteiger partial charge is 0.301 e. The number of unbranched alkanes of at least 4 members (excludes halogenated alkanes) is 2. The summed E-state index contributed by atoms with van der Waals surface area (Å²) in [6, 6.07) is 19.5. The van der Waals surface area contributed by atoms with Crippen LogP contribution in [0, 0.1) is 6.92 Å². The molecule has 1 aliphatic rings. The molecule has 1 aliphatic heterocycles. The zero-order valence-electron chi connectivity index (χ0n) is 27.7. The fourth-order valence-corrected chi connectivity index (χ4v) is 6.96. The van der Waals surface area contributed by atoms with E-state index in [4.69, 9.17) is 14.2 Å². The summed E-state index contributed by atoms with van der Waals surface area (Å²) in [5.74, 6) is 0.473. The van der Waals surface area contributed by atoms with E-state index in [1.165, 1.54) is 33.6 Å². The van der Waals surface area contributed by atoms with Gasteiger partial charge in [-0.15, -0.1) is 10.2 Å². The highest BCUT2D eigenvalue weighted by Gasteiger charge is 2.48. The molecule has 1 fully saturated rings. The van der Waals surface area contributed by atoms with E-state index >= 15 is 0 Å². The number of hydrogen-bond acceptors (Lipinski definition) is 10. The van der Waals surface area contributed by atoms with Gasteiger partial charge in [0.25, 0.3) is 5.78 Å². The molecule has 0 spiro atoms. The quantitative estimate of drug-likeness (QED) is 0.0309. The minimum absolute atomic E-state index is 0.0502. The van der Waals surface area contributed by atoms with Gasteiger partial charge in [0.2, 0.25) is 5.13 Å². The number of aliphatic hydroxyl groups is 1. The Morgan fingerprint density at radius 1 is 0.875 bits per heavy atom. The van der Waals surface area contributed by atoms with Crippen molar-refractivity contribution < 1.29 is 28.9 Å². The van der Waals surface area contributed by atoms with Crippen molar-refractivity contribution in [1.29, 1.82) is 0 Å². The predicted molar refractivity (Wildman–Crippen MR) is 190 cm³/mol. The van der Waals surface area contributed by atoms with Crippen molar-refractivity contribution >= 4 is 45.7 Å². The number of carbonyl (C=O) groups excluding carboxylic acids is 2. The van der Waals surface area contributed by atoms with Crippen LogP contribution >= 0.6 is 23.1 Å². The first-order valence-electron chi connectivity index (χ1n) is 16.3. The number of carbonyl (C=O) groups is 2. The van der Waals surface area contributed by atoms with Crippen molar-refractivity contribution in [3.63, 3.8) is 0 Å². The maximum Gasteiger partial charge on any atom is 0.301 e. The van der Waals surface area contributed by atoms with Crippen LogP contribution in [0.3, 0.4) is 0 Å². The van der Waals surface area contributed by atoms with Gasteiger partial charge < -0.3 is 19.3 Å². The lowest BCUT2D eigenvalue weighted by Crippen LogP contribution is -2.29. The zero-order valence-corrected chi connectivity index (χ0v) is 29.4. The summed E-state index contributed by atoms with van der Waals surface area (Å²) < 4.78 is 18.4. The standard InChI is InChI=1S/C37H41N3O6S2/c1-5-8-20-45-28-17-14-26(15-18-28)33(41)31-32(27-16-19-29(46-21-9-6-2)30(22-27)44-7-3)40(35(43)34(31)42)36-38-39-37(48-36)47-23-25-12-10-24(4)11-13-25/h10-19,22,32,41H,5-9,20-21,23H2,1-4H3. The first kappa shape index (κ1) is 35.0. The van der Waals surface area contributed by atoms with Crippen molar-refractivity contribution in [2.75, 3.05) is 24.7 Å². The van der Waals surface area contributed by atoms with Crippen LogP contribution in [0.15, 0.2) is 76.6 Å². The zero-order chi connectivity index (χ0) is 34.0. The molecule has 1 N–H and O–H groups in total. The molecular formula is C37H41N3O6S2. The highest BCUT2D eigenvalue weighted by Crippen LogP contribution is 2.46. The van der Waals surface area contributed by atoms with Gasteiger partial charge in [0.05, 0.1) is 31.4 Å². The van der Waals surface area contributed by atoms with Crippen LogP contribution in [0.5, 0.6) is 17.2 Å². The third-order valence-electron chi connectivity index (χ3n) is 7.76. The van der Waals surface area contributed by atoms with Gasteiger partial charge in [-0.05, 0) is 74.2 Å². The molecule has 2 heterocycles. The van der Waals surface area contributed by atoms with E-state index in [0.717, 1.165) is 31.2 Å². The molecule has 5 rings (SSSR count). The van der Waals surface area contributed by atoms with Gasteiger partial charge >= 0.3 is 5.91 Å². The number of amides is 1. The van der Waals surface area contributed by atoms with Gasteiger partial charge in [0.1, 0.15) is 11.5 Å². The molecule has 1 unspecified atom stereocenters. The molecule has 11 heteroatoms. The number of ketones is 1. The van der Waals surface area contributed by atoms with E-state index in [9.17, 15) is 14.7 Å². The Balaban J connectivity index is 1.53. The summed E-state index contributed by atoms with van der Waals surface area (Å²) in [6.45, 7) is 9.60. The number of anilines is 1. The summed E-state index contributed by atoms with van der Waals surface area (Å²) >= 11 is 2.73. The van der Waals surface area contributed by atoms with Gasteiger partial charge in [-0.3, -0.25) is 14.5 Å². The number of thioether (sulfide) groups is 1. The first-order valence-corrected chi connectivity index (χ1v) is 18.1. The topological polar surface area (TPSA) is 111 Å². The lowest BCUT2D eigenvalue weighted by molar-refractivity contribution is -0.132. The summed E-state index contributed by atoms with van der Waals surface area (Å²) in [5.41, 5.74) is 3.21. The van der Waals surface area contributed by atoms with Crippen LogP contribution in [0.2, 0.25) is 0 Å².